The topological polar surface area (TPSA) is 29.5 Å². The maximum atomic E-state index is 9.76. The molecule has 0 saturated heterocycles. The van der Waals surface area contributed by atoms with E-state index in [2.05, 4.69) is 19.1 Å². The summed E-state index contributed by atoms with van der Waals surface area (Å²) in [6.45, 7) is 6.36. The lowest BCUT2D eigenvalue weighted by molar-refractivity contribution is 0.190. The molecule has 2 aromatic rings. The molecule has 2 nitrogen and oxygen atoms in total. The van der Waals surface area contributed by atoms with Crippen molar-refractivity contribution in [3.63, 3.8) is 0 Å². The van der Waals surface area contributed by atoms with Gasteiger partial charge in [-0.1, -0.05) is 42.0 Å². The minimum atomic E-state index is -0.520. The lowest BCUT2D eigenvalue weighted by atomic mass is 10.1. The first-order valence-corrected chi connectivity index (χ1v) is 6.53. The molecule has 0 fully saturated rings. The second kappa shape index (κ2) is 5.89. The Morgan fingerprint density at radius 3 is 2.47 bits per heavy atom. The van der Waals surface area contributed by atoms with Gasteiger partial charge in [0.05, 0.1) is 6.10 Å². The quantitative estimate of drug-likeness (QED) is 0.898. The third-order valence-corrected chi connectivity index (χ3v) is 3.10. The predicted octanol–water partition coefficient (Wildman–Crippen LogP) is 3.94. The van der Waals surface area contributed by atoms with Gasteiger partial charge in [0.15, 0.2) is 0 Å². The van der Waals surface area contributed by atoms with Crippen molar-refractivity contribution in [1.29, 1.82) is 0 Å². The summed E-state index contributed by atoms with van der Waals surface area (Å²) in [5.74, 6) is 0.761. The number of aliphatic hydroxyl groups excluding tert-OH is 1. The molecule has 0 radical (unpaired) electrons. The van der Waals surface area contributed by atoms with Crippen LogP contribution in [0.1, 0.15) is 35.3 Å². The Hall–Kier alpha value is -1.80. The SMILES string of the molecule is Cc1cccc(COc2cc(C)ccc2[C@@H](C)O)c1. The van der Waals surface area contributed by atoms with E-state index < -0.39 is 6.10 Å². The van der Waals surface area contributed by atoms with Crippen molar-refractivity contribution in [2.24, 2.45) is 0 Å². The number of aryl methyl sites for hydroxylation is 2. The van der Waals surface area contributed by atoms with E-state index in [0.717, 1.165) is 22.4 Å². The van der Waals surface area contributed by atoms with Crippen LogP contribution in [-0.2, 0) is 6.61 Å². The van der Waals surface area contributed by atoms with Gasteiger partial charge in [-0.15, -0.1) is 0 Å². The molecule has 19 heavy (non-hydrogen) atoms. The van der Waals surface area contributed by atoms with Gasteiger partial charge < -0.3 is 9.84 Å². The van der Waals surface area contributed by atoms with E-state index in [4.69, 9.17) is 4.74 Å². The second-order valence-corrected chi connectivity index (χ2v) is 4.99. The van der Waals surface area contributed by atoms with Crippen LogP contribution in [0.4, 0.5) is 0 Å². The molecule has 0 aromatic heterocycles. The van der Waals surface area contributed by atoms with Gasteiger partial charge in [0.2, 0.25) is 0 Å². The monoisotopic (exact) mass is 256 g/mol. The molecule has 1 atom stereocenters. The number of aliphatic hydroxyl groups is 1. The summed E-state index contributed by atoms with van der Waals surface area (Å²) in [5.41, 5.74) is 4.32. The van der Waals surface area contributed by atoms with Crippen LogP contribution in [0.15, 0.2) is 42.5 Å². The Labute approximate surface area is 114 Å². The van der Waals surface area contributed by atoms with Gasteiger partial charge >= 0.3 is 0 Å². The van der Waals surface area contributed by atoms with Crippen molar-refractivity contribution >= 4 is 0 Å². The molecule has 0 aliphatic carbocycles. The summed E-state index contributed by atoms with van der Waals surface area (Å²) in [6, 6.07) is 14.1. The highest BCUT2D eigenvalue weighted by Crippen LogP contribution is 2.27. The van der Waals surface area contributed by atoms with Crippen molar-refractivity contribution in [1.82, 2.24) is 0 Å². The van der Waals surface area contributed by atoms with Crippen molar-refractivity contribution < 1.29 is 9.84 Å². The number of hydrogen-bond donors (Lipinski definition) is 1. The molecule has 100 valence electrons. The van der Waals surface area contributed by atoms with Gasteiger partial charge in [-0.2, -0.15) is 0 Å². The zero-order valence-corrected chi connectivity index (χ0v) is 11.7. The van der Waals surface area contributed by atoms with E-state index in [1.807, 2.05) is 37.3 Å². The van der Waals surface area contributed by atoms with Crippen LogP contribution in [0.3, 0.4) is 0 Å². The molecule has 1 N–H and O–H groups in total. The normalized spacial score (nSPS) is 12.2. The molecule has 0 aliphatic heterocycles. The Morgan fingerprint density at radius 1 is 1.05 bits per heavy atom. The summed E-state index contributed by atoms with van der Waals surface area (Å²) >= 11 is 0. The zero-order chi connectivity index (χ0) is 13.8. The van der Waals surface area contributed by atoms with Crippen LogP contribution in [0.25, 0.3) is 0 Å². The molecule has 0 heterocycles. The first kappa shape index (κ1) is 13.6. The molecule has 2 rings (SSSR count). The number of ether oxygens (including phenoxy) is 1. The first-order chi connectivity index (χ1) is 9.06. The van der Waals surface area contributed by atoms with E-state index in [1.54, 1.807) is 6.92 Å². The Bertz CT molecular complexity index is 559. The van der Waals surface area contributed by atoms with Crippen molar-refractivity contribution in [3.8, 4) is 5.75 Å². The van der Waals surface area contributed by atoms with E-state index >= 15 is 0 Å². The van der Waals surface area contributed by atoms with E-state index in [0.29, 0.717) is 6.61 Å². The fourth-order valence-electron chi connectivity index (χ4n) is 2.07. The molecule has 0 amide bonds. The van der Waals surface area contributed by atoms with Crippen LogP contribution in [0.2, 0.25) is 0 Å². The van der Waals surface area contributed by atoms with Crippen molar-refractivity contribution in [2.45, 2.75) is 33.5 Å². The summed E-state index contributed by atoms with van der Waals surface area (Å²) < 4.78 is 5.86. The van der Waals surface area contributed by atoms with Crippen LogP contribution in [0.5, 0.6) is 5.75 Å². The molecule has 0 unspecified atom stereocenters. The highest BCUT2D eigenvalue weighted by molar-refractivity contribution is 5.38. The molecule has 2 heteroatoms. The Morgan fingerprint density at radius 2 is 1.79 bits per heavy atom. The van der Waals surface area contributed by atoms with Gasteiger partial charge in [-0.3, -0.25) is 0 Å². The van der Waals surface area contributed by atoms with Crippen LogP contribution in [-0.4, -0.2) is 5.11 Å². The molecule has 0 spiro atoms. The average Bonchev–Trinajstić information content (AvgIpc) is 2.36. The third kappa shape index (κ3) is 3.58. The Kier molecular flexibility index (Phi) is 4.23. The maximum absolute atomic E-state index is 9.76. The maximum Gasteiger partial charge on any atom is 0.125 e. The summed E-state index contributed by atoms with van der Waals surface area (Å²) in [4.78, 5) is 0. The fourth-order valence-corrected chi connectivity index (χ4v) is 2.07. The molecule has 0 aliphatic rings. The first-order valence-electron chi connectivity index (χ1n) is 6.53. The molecular weight excluding hydrogens is 236 g/mol. The minimum Gasteiger partial charge on any atom is -0.489 e. The van der Waals surface area contributed by atoms with Crippen LogP contribution < -0.4 is 4.74 Å². The highest BCUT2D eigenvalue weighted by Gasteiger charge is 2.09. The molecule has 0 bridgehead atoms. The smallest absolute Gasteiger partial charge is 0.125 e. The van der Waals surface area contributed by atoms with Crippen molar-refractivity contribution in [2.75, 3.05) is 0 Å². The van der Waals surface area contributed by atoms with Gasteiger partial charge in [-0.05, 0) is 38.0 Å². The van der Waals surface area contributed by atoms with E-state index in [-0.39, 0.29) is 0 Å². The van der Waals surface area contributed by atoms with Gasteiger partial charge in [0.25, 0.3) is 0 Å². The summed E-state index contributed by atoms with van der Waals surface area (Å²) in [7, 11) is 0. The minimum absolute atomic E-state index is 0.519. The lowest BCUT2D eigenvalue weighted by Gasteiger charge is -2.14. The number of benzene rings is 2. The average molecular weight is 256 g/mol. The van der Waals surface area contributed by atoms with Gasteiger partial charge in [0, 0.05) is 5.56 Å². The third-order valence-electron chi connectivity index (χ3n) is 3.10. The predicted molar refractivity (Wildman–Crippen MR) is 77.3 cm³/mol. The zero-order valence-electron chi connectivity index (χ0n) is 11.7. The molecule has 2 aromatic carbocycles. The fraction of sp³-hybridized carbons (Fsp3) is 0.294. The van der Waals surface area contributed by atoms with E-state index in [1.165, 1.54) is 5.56 Å². The molecule has 0 saturated carbocycles. The Balaban J connectivity index is 2.17. The van der Waals surface area contributed by atoms with Crippen LogP contribution in [0, 0.1) is 13.8 Å². The van der Waals surface area contributed by atoms with Crippen LogP contribution >= 0.6 is 0 Å². The number of rotatable bonds is 4. The summed E-state index contributed by atoms with van der Waals surface area (Å²) in [5, 5.41) is 9.76. The molecular formula is C17H20O2. The highest BCUT2D eigenvalue weighted by atomic mass is 16.5. The van der Waals surface area contributed by atoms with E-state index in [9.17, 15) is 5.11 Å². The summed E-state index contributed by atoms with van der Waals surface area (Å²) in [6.07, 6.45) is -0.520. The van der Waals surface area contributed by atoms with Crippen molar-refractivity contribution in [3.05, 3.63) is 64.7 Å². The lowest BCUT2D eigenvalue weighted by Crippen LogP contribution is -2.01. The second-order valence-electron chi connectivity index (χ2n) is 4.99. The largest absolute Gasteiger partial charge is 0.489 e. The standard InChI is InChI=1S/C17H20O2/c1-12-5-4-6-15(9-12)11-19-17-10-13(2)7-8-16(17)14(3)18/h4-10,14,18H,11H2,1-3H3/t14-/m1/s1. The number of hydrogen-bond acceptors (Lipinski definition) is 2. The van der Waals surface area contributed by atoms with Gasteiger partial charge in [-0.25, -0.2) is 0 Å². The van der Waals surface area contributed by atoms with Gasteiger partial charge in [0.1, 0.15) is 12.4 Å².